The van der Waals surface area contributed by atoms with Crippen molar-refractivity contribution in [3.63, 3.8) is 0 Å². The molecule has 1 aliphatic rings. The molecule has 1 aliphatic heterocycles. The first-order chi connectivity index (χ1) is 9.36. The Balaban J connectivity index is 2.06. The van der Waals surface area contributed by atoms with Gasteiger partial charge in [-0.15, -0.1) is 0 Å². The van der Waals surface area contributed by atoms with E-state index in [1.54, 1.807) is 6.92 Å². The van der Waals surface area contributed by atoms with Crippen LogP contribution in [0.4, 0.5) is 13.2 Å². The fraction of sp³-hybridized carbons (Fsp3) is 0.714. The minimum Gasteiger partial charge on any atom is -0.299 e. The van der Waals surface area contributed by atoms with Crippen molar-refractivity contribution in [2.24, 2.45) is 5.92 Å². The monoisotopic (exact) mass is 287 g/mol. The third-order valence-electron chi connectivity index (χ3n) is 3.84. The van der Waals surface area contributed by atoms with Crippen LogP contribution in [-0.4, -0.2) is 28.0 Å². The zero-order valence-corrected chi connectivity index (χ0v) is 11.9. The molecule has 20 heavy (non-hydrogen) atoms. The van der Waals surface area contributed by atoms with Crippen molar-refractivity contribution < 1.29 is 13.2 Å². The molecule has 0 aromatic carbocycles. The molecule has 0 amide bonds. The molecule has 0 radical (unpaired) electrons. The molecule has 3 nitrogen and oxygen atoms in total. The summed E-state index contributed by atoms with van der Waals surface area (Å²) in [6.07, 6.45) is 0.349. The summed E-state index contributed by atoms with van der Waals surface area (Å²) < 4.78 is 37.6. The van der Waals surface area contributed by atoms with Gasteiger partial charge in [-0.3, -0.25) is 4.90 Å². The fourth-order valence-electron chi connectivity index (χ4n) is 2.51. The van der Waals surface area contributed by atoms with E-state index in [1.165, 1.54) is 12.6 Å². The molecule has 0 N–H and O–H groups in total. The Hall–Kier alpha value is -1.17. The van der Waals surface area contributed by atoms with E-state index >= 15 is 0 Å². The summed E-state index contributed by atoms with van der Waals surface area (Å²) >= 11 is 0. The summed E-state index contributed by atoms with van der Waals surface area (Å²) in [5, 5.41) is 0. The lowest BCUT2D eigenvalue weighted by Crippen LogP contribution is -2.25. The lowest BCUT2D eigenvalue weighted by atomic mass is 10.0. The Bertz CT molecular complexity index is 459. The maximum absolute atomic E-state index is 12.5. The third-order valence-corrected chi connectivity index (χ3v) is 3.84. The molecule has 1 aromatic rings. The van der Waals surface area contributed by atoms with Crippen LogP contribution in [0.3, 0.4) is 0 Å². The standard InChI is InChI=1S/C14H20F3N3/c1-10-4-3-6-20(7-5-10)9-12-8-18-13(14(15,16)17)19-11(12)2/h8,10H,3-7,9H2,1-2H3/t10-/m1/s1. The third kappa shape index (κ3) is 3.91. The van der Waals surface area contributed by atoms with E-state index in [0.717, 1.165) is 37.4 Å². The van der Waals surface area contributed by atoms with Gasteiger partial charge in [0.1, 0.15) is 0 Å². The Morgan fingerprint density at radius 2 is 2.05 bits per heavy atom. The van der Waals surface area contributed by atoms with Crippen molar-refractivity contribution in [1.82, 2.24) is 14.9 Å². The molecule has 1 aromatic heterocycles. The maximum Gasteiger partial charge on any atom is 0.451 e. The van der Waals surface area contributed by atoms with E-state index < -0.39 is 12.0 Å². The lowest BCUT2D eigenvalue weighted by Gasteiger charge is -2.20. The average molecular weight is 287 g/mol. The quantitative estimate of drug-likeness (QED) is 0.834. The summed E-state index contributed by atoms with van der Waals surface area (Å²) in [6.45, 7) is 6.48. The van der Waals surface area contributed by atoms with Gasteiger partial charge in [-0.25, -0.2) is 9.97 Å². The molecule has 0 unspecified atom stereocenters. The van der Waals surface area contributed by atoms with Gasteiger partial charge < -0.3 is 0 Å². The number of nitrogens with zero attached hydrogens (tertiary/aromatic N) is 3. The van der Waals surface area contributed by atoms with E-state index in [4.69, 9.17) is 0 Å². The number of aromatic nitrogens is 2. The summed E-state index contributed by atoms with van der Waals surface area (Å²) in [7, 11) is 0. The van der Waals surface area contributed by atoms with Gasteiger partial charge in [-0.1, -0.05) is 6.92 Å². The zero-order chi connectivity index (χ0) is 14.8. The molecule has 0 spiro atoms. The van der Waals surface area contributed by atoms with Gasteiger partial charge in [-0.2, -0.15) is 13.2 Å². The molecule has 6 heteroatoms. The van der Waals surface area contributed by atoms with E-state index in [0.29, 0.717) is 12.2 Å². The van der Waals surface area contributed by atoms with Gasteiger partial charge in [0, 0.05) is 24.0 Å². The van der Waals surface area contributed by atoms with Gasteiger partial charge in [0.25, 0.3) is 0 Å². The van der Waals surface area contributed by atoms with Crippen LogP contribution in [0.1, 0.15) is 43.3 Å². The number of alkyl halides is 3. The highest BCUT2D eigenvalue weighted by molar-refractivity contribution is 5.17. The molecule has 1 saturated heterocycles. The van der Waals surface area contributed by atoms with Gasteiger partial charge in [-0.05, 0) is 45.2 Å². The highest BCUT2D eigenvalue weighted by Crippen LogP contribution is 2.26. The Morgan fingerprint density at radius 3 is 2.70 bits per heavy atom. The van der Waals surface area contributed by atoms with Crippen LogP contribution in [0.5, 0.6) is 0 Å². The lowest BCUT2D eigenvalue weighted by molar-refractivity contribution is -0.145. The number of halogens is 3. The predicted molar refractivity (Wildman–Crippen MR) is 70.1 cm³/mol. The average Bonchev–Trinajstić information content (AvgIpc) is 2.56. The van der Waals surface area contributed by atoms with Crippen LogP contribution < -0.4 is 0 Å². The molecule has 112 valence electrons. The first kappa shape index (κ1) is 15.2. The predicted octanol–water partition coefficient (Wildman–Crippen LogP) is 3.43. The van der Waals surface area contributed by atoms with Crippen molar-refractivity contribution in [1.29, 1.82) is 0 Å². The molecule has 2 rings (SSSR count). The van der Waals surface area contributed by atoms with Crippen LogP contribution in [0.2, 0.25) is 0 Å². The van der Waals surface area contributed by atoms with Gasteiger partial charge in [0.05, 0.1) is 0 Å². The second kappa shape index (κ2) is 6.08. The smallest absolute Gasteiger partial charge is 0.299 e. The van der Waals surface area contributed by atoms with Gasteiger partial charge in [0.15, 0.2) is 0 Å². The Labute approximate surface area is 117 Å². The highest BCUT2D eigenvalue weighted by Gasteiger charge is 2.34. The Kier molecular flexibility index (Phi) is 4.62. The summed E-state index contributed by atoms with van der Waals surface area (Å²) in [5.41, 5.74) is 1.21. The molecule has 0 aliphatic carbocycles. The highest BCUT2D eigenvalue weighted by atomic mass is 19.4. The molecular formula is C14H20F3N3. The number of rotatable bonds is 2. The van der Waals surface area contributed by atoms with Crippen molar-refractivity contribution in [2.75, 3.05) is 13.1 Å². The summed E-state index contributed by atoms with van der Waals surface area (Å²) in [4.78, 5) is 9.32. The number of hydrogen-bond acceptors (Lipinski definition) is 3. The largest absolute Gasteiger partial charge is 0.451 e. The van der Waals surface area contributed by atoms with E-state index in [2.05, 4.69) is 21.8 Å². The van der Waals surface area contributed by atoms with Gasteiger partial charge >= 0.3 is 6.18 Å². The molecule has 0 bridgehead atoms. The first-order valence-electron chi connectivity index (χ1n) is 6.98. The minimum atomic E-state index is -4.47. The van der Waals surface area contributed by atoms with Crippen LogP contribution in [-0.2, 0) is 12.7 Å². The fourth-order valence-corrected chi connectivity index (χ4v) is 2.51. The number of aryl methyl sites for hydroxylation is 1. The van der Waals surface area contributed by atoms with Crippen LogP contribution in [0, 0.1) is 12.8 Å². The summed E-state index contributed by atoms with van der Waals surface area (Å²) in [5.74, 6) is -0.326. The molecule has 1 fully saturated rings. The van der Waals surface area contributed by atoms with Crippen LogP contribution in [0.15, 0.2) is 6.20 Å². The topological polar surface area (TPSA) is 29.0 Å². The number of hydrogen-bond donors (Lipinski definition) is 0. The molecule has 0 saturated carbocycles. The minimum absolute atomic E-state index is 0.421. The zero-order valence-electron chi connectivity index (χ0n) is 11.9. The summed E-state index contributed by atoms with van der Waals surface area (Å²) in [6, 6.07) is 0. The Morgan fingerprint density at radius 1 is 1.30 bits per heavy atom. The second-order valence-electron chi connectivity index (χ2n) is 5.61. The normalized spacial score (nSPS) is 21.8. The number of likely N-dealkylation sites (tertiary alicyclic amines) is 1. The molecular weight excluding hydrogens is 267 g/mol. The second-order valence-corrected chi connectivity index (χ2v) is 5.61. The first-order valence-corrected chi connectivity index (χ1v) is 6.98. The maximum atomic E-state index is 12.5. The van der Waals surface area contributed by atoms with Crippen molar-refractivity contribution in [2.45, 2.75) is 45.8 Å². The van der Waals surface area contributed by atoms with E-state index in [1.807, 2.05) is 0 Å². The van der Waals surface area contributed by atoms with E-state index in [9.17, 15) is 13.2 Å². The molecule has 1 atom stereocenters. The van der Waals surface area contributed by atoms with Crippen molar-refractivity contribution >= 4 is 0 Å². The van der Waals surface area contributed by atoms with Crippen LogP contribution in [0.25, 0.3) is 0 Å². The SMILES string of the molecule is Cc1nc(C(F)(F)F)ncc1CN1CCC[C@@H](C)CC1. The van der Waals surface area contributed by atoms with Crippen molar-refractivity contribution in [3.8, 4) is 0 Å². The van der Waals surface area contributed by atoms with Crippen LogP contribution >= 0.6 is 0 Å². The van der Waals surface area contributed by atoms with E-state index in [-0.39, 0.29) is 0 Å². The van der Waals surface area contributed by atoms with Crippen molar-refractivity contribution in [3.05, 3.63) is 23.3 Å². The van der Waals surface area contributed by atoms with Gasteiger partial charge in [0.2, 0.25) is 5.82 Å². The molecule has 2 heterocycles.